The monoisotopic (exact) mass is 498 g/mol. The van der Waals surface area contributed by atoms with Crippen molar-refractivity contribution in [1.29, 1.82) is 0 Å². The van der Waals surface area contributed by atoms with Crippen LogP contribution in [-0.2, 0) is 4.79 Å². The Hall–Kier alpha value is -2.35. The van der Waals surface area contributed by atoms with Gasteiger partial charge in [0, 0.05) is 21.5 Å². The van der Waals surface area contributed by atoms with Gasteiger partial charge in [0.25, 0.3) is 5.91 Å². The van der Waals surface area contributed by atoms with Crippen molar-refractivity contribution in [2.45, 2.75) is 13.8 Å². The van der Waals surface area contributed by atoms with Gasteiger partial charge in [0.15, 0.2) is 4.32 Å². The highest BCUT2D eigenvalue weighted by atomic mass is 79.9. The molecule has 0 radical (unpaired) electrons. The smallest absolute Gasteiger partial charge is 0.270 e. The second-order valence-corrected chi connectivity index (χ2v) is 9.44. The number of hydrogen-bond donors (Lipinski definition) is 0. The van der Waals surface area contributed by atoms with Crippen LogP contribution in [0, 0.1) is 13.8 Å². The second kappa shape index (κ2) is 8.41. The average Bonchev–Trinajstić information content (AvgIpc) is 3.17. The summed E-state index contributed by atoms with van der Waals surface area (Å²) in [6.45, 7) is 4.13. The molecule has 1 aliphatic rings. The van der Waals surface area contributed by atoms with Crippen molar-refractivity contribution in [3.05, 3.63) is 80.9 Å². The normalized spacial score (nSPS) is 15.3. The van der Waals surface area contributed by atoms with Gasteiger partial charge >= 0.3 is 0 Å². The number of thiocarbonyl (C=S) groups is 1. The number of aryl methyl sites for hydroxylation is 1. The van der Waals surface area contributed by atoms with Crippen molar-refractivity contribution < 1.29 is 9.53 Å². The fourth-order valence-corrected chi connectivity index (χ4v) is 5.04. The van der Waals surface area contributed by atoms with Crippen LogP contribution >= 0.6 is 39.9 Å². The van der Waals surface area contributed by atoms with E-state index in [4.69, 9.17) is 17.0 Å². The molecule has 7 heteroatoms. The maximum atomic E-state index is 13.1. The van der Waals surface area contributed by atoms with Crippen molar-refractivity contribution in [3.63, 3.8) is 0 Å². The molecule has 0 saturated carbocycles. The van der Waals surface area contributed by atoms with Gasteiger partial charge in [-0.25, -0.2) is 0 Å². The lowest BCUT2D eigenvalue weighted by atomic mass is 10.2. The molecule has 0 bridgehead atoms. The highest BCUT2D eigenvalue weighted by Gasteiger charge is 2.33. The molecule has 0 spiro atoms. The van der Waals surface area contributed by atoms with E-state index < -0.39 is 0 Å². The number of methoxy groups -OCH3 is 1. The molecular weight excluding hydrogens is 480 g/mol. The van der Waals surface area contributed by atoms with E-state index in [0.29, 0.717) is 9.23 Å². The highest BCUT2D eigenvalue weighted by Crippen LogP contribution is 2.37. The largest absolute Gasteiger partial charge is 0.497 e. The number of nitrogens with zero attached hydrogens (tertiary/aromatic N) is 2. The van der Waals surface area contributed by atoms with Crippen LogP contribution in [0.15, 0.2) is 64.0 Å². The Labute approximate surface area is 193 Å². The number of ether oxygens (including phenoxy) is 1. The summed E-state index contributed by atoms with van der Waals surface area (Å²) in [7, 11) is 1.61. The van der Waals surface area contributed by atoms with E-state index in [2.05, 4.69) is 52.5 Å². The number of thioether (sulfide) groups is 1. The predicted octanol–water partition coefficient (Wildman–Crippen LogP) is 6.27. The topological polar surface area (TPSA) is 34.5 Å². The maximum Gasteiger partial charge on any atom is 0.270 e. The van der Waals surface area contributed by atoms with Gasteiger partial charge in [-0.15, -0.1) is 0 Å². The Bertz CT molecular complexity index is 1170. The third-order valence-corrected chi connectivity index (χ3v) is 6.80. The van der Waals surface area contributed by atoms with E-state index in [-0.39, 0.29) is 5.91 Å². The summed E-state index contributed by atoms with van der Waals surface area (Å²) in [5, 5.41) is 0. The van der Waals surface area contributed by atoms with Crippen LogP contribution in [0.3, 0.4) is 0 Å². The zero-order valence-corrected chi connectivity index (χ0v) is 19.9. The summed E-state index contributed by atoms with van der Waals surface area (Å²) in [4.78, 5) is 15.3. The molecule has 2 aromatic carbocycles. The fourth-order valence-electron chi connectivity index (χ4n) is 3.48. The summed E-state index contributed by atoms with van der Waals surface area (Å²) in [6, 6.07) is 17.6. The molecule has 1 aliphatic heterocycles. The summed E-state index contributed by atoms with van der Waals surface area (Å²) in [5.74, 6) is 0.628. The lowest BCUT2D eigenvalue weighted by molar-refractivity contribution is -0.113. The number of carbonyl (C=O) groups excluding carboxylic acids is 1. The number of aromatic nitrogens is 1. The third-order valence-electron chi connectivity index (χ3n) is 4.97. The molecule has 0 aliphatic carbocycles. The van der Waals surface area contributed by atoms with E-state index in [0.717, 1.165) is 38.5 Å². The molecule has 1 saturated heterocycles. The number of rotatable bonds is 4. The molecule has 2 heterocycles. The van der Waals surface area contributed by atoms with Gasteiger partial charge in [-0.1, -0.05) is 39.9 Å². The fraction of sp³-hybridized carbons (Fsp3) is 0.130. The number of benzene rings is 2. The highest BCUT2D eigenvalue weighted by molar-refractivity contribution is 9.10. The Morgan fingerprint density at radius 3 is 2.30 bits per heavy atom. The van der Waals surface area contributed by atoms with Gasteiger partial charge in [-0.2, -0.15) is 0 Å². The first-order valence-corrected chi connectivity index (χ1v) is 11.3. The Morgan fingerprint density at radius 1 is 1.03 bits per heavy atom. The van der Waals surface area contributed by atoms with E-state index in [1.54, 1.807) is 12.0 Å². The predicted molar refractivity (Wildman–Crippen MR) is 132 cm³/mol. The molecular formula is C23H19BrN2O2S2. The summed E-state index contributed by atoms with van der Waals surface area (Å²) >= 11 is 10.3. The summed E-state index contributed by atoms with van der Waals surface area (Å²) < 4.78 is 8.94. The number of carbonyl (C=O) groups is 1. The van der Waals surface area contributed by atoms with Crippen LogP contribution in [0.4, 0.5) is 5.69 Å². The van der Waals surface area contributed by atoms with Crippen LogP contribution in [0.2, 0.25) is 0 Å². The summed E-state index contributed by atoms with van der Waals surface area (Å²) in [6.07, 6.45) is 1.93. The first kappa shape index (κ1) is 20.9. The van der Waals surface area contributed by atoms with E-state index in [1.165, 1.54) is 11.8 Å². The molecule has 152 valence electrons. The number of amides is 1. The first-order chi connectivity index (χ1) is 14.4. The molecule has 3 aromatic rings. The summed E-state index contributed by atoms with van der Waals surface area (Å²) in [5.41, 5.74) is 5.00. The van der Waals surface area contributed by atoms with Gasteiger partial charge in [0.2, 0.25) is 0 Å². The number of anilines is 1. The van der Waals surface area contributed by atoms with Crippen molar-refractivity contribution in [2.75, 3.05) is 12.0 Å². The molecule has 0 atom stereocenters. The first-order valence-electron chi connectivity index (χ1n) is 9.26. The zero-order valence-electron chi connectivity index (χ0n) is 16.7. The van der Waals surface area contributed by atoms with Gasteiger partial charge in [-0.3, -0.25) is 9.69 Å². The lowest BCUT2D eigenvalue weighted by Crippen LogP contribution is -2.27. The molecule has 0 unspecified atom stereocenters. The van der Waals surface area contributed by atoms with Gasteiger partial charge in [-0.05, 0) is 80.1 Å². The minimum atomic E-state index is -0.108. The van der Waals surface area contributed by atoms with Crippen LogP contribution in [0.1, 0.15) is 17.0 Å². The van der Waals surface area contributed by atoms with Gasteiger partial charge in [0.1, 0.15) is 5.75 Å². The molecule has 4 rings (SSSR count). The maximum absolute atomic E-state index is 13.1. The quantitative estimate of drug-likeness (QED) is 0.313. The zero-order chi connectivity index (χ0) is 21.4. The van der Waals surface area contributed by atoms with E-state index in [9.17, 15) is 4.79 Å². The van der Waals surface area contributed by atoms with Gasteiger partial charge < -0.3 is 9.30 Å². The van der Waals surface area contributed by atoms with E-state index >= 15 is 0 Å². The molecule has 1 aromatic heterocycles. The SMILES string of the molecule is COc1ccc(N2C(=O)/C(=C\c3cc(C)n(-c4ccc(Br)cc4)c3C)SC2=S)cc1. The standard InChI is InChI=1S/C23H19BrN2O2S2/c1-14-12-16(15(2)25(14)18-6-4-17(24)5-7-18)13-21-22(27)26(23(29)30-21)19-8-10-20(28-3)11-9-19/h4-13H,1-3H3/b21-13+. The van der Waals surface area contributed by atoms with Crippen LogP contribution in [-0.4, -0.2) is 21.9 Å². The molecule has 1 amide bonds. The average molecular weight is 499 g/mol. The Kier molecular flexibility index (Phi) is 5.86. The molecule has 0 N–H and O–H groups in total. The van der Waals surface area contributed by atoms with Crippen molar-refractivity contribution in [3.8, 4) is 11.4 Å². The molecule has 1 fully saturated rings. The molecule has 4 nitrogen and oxygen atoms in total. The van der Waals surface area contributed by atoms with Crippen molar-refractivity contribution in [2.24, 2.45) is 0 Å². The molecule has 30 heavy (non-hydrogen) atoms. The second-order valence-electron chi connectivity index (χ2n) is 6.85. The van der Waals surface area contributed by atoms with Crippen molar-refractivity contribution in [1.82, 2.24) is 4.57 Å². The third kappa shape index (κ3) is 3.85. The van der Waals surface area contributed by atoms with Gasteiger partial charge in [0.05, 0.1) is 17.7 Å². The van der Waals surface area contributed by atoms with Crippen LogP contribution in [0.5, 0.6) is 5.75 Å². The minimum absolute atomic E-state index is 0.108. The van der Waals surface area contributed by atoms with E-state index in [1.807, 2.05) is 42.5 Å². The Morgan fingerprint density at radius 2 is 1.67 bits per heavy atom. The van der Waals surface area contributed by atoms with Crippen LogP contribution < -0.4 is 9.64 Å². The number of halogens is 1. The minimum Gasteiger partial charge on any atom is -0.497 e. The number of hydrogen-bond acceptors (Lipinski definition) is 4. The van der Waals surface area contributed by atoms with Crippen molar-refractivity contribution >= 4 is 61.9 Å². The lowest BCUT2D eigenvalue weighted by Gasteiger charge is -2.14. The Balaban J connectivity index is 1.67. The van der Waals surface area contributed by atoms with Crippen LogP contribution in [0.25, 0.3) is 11.8 Å².